The summed E-state index contributed by atoms with van der Waals surface area (Å²) in [5.74, 6) is -0.390. The molecule has 1 aromatic rings. The fraction of sp³-hybridized carbons (Fsp3) is 0.588. The molecule has 1 rings (SSSR count). The Bertz CT molecular complexity index is 496. The van der Waals surface area contributed by atoms with Crippen molar-refractivity contribution in [3.8, 4) is 0 Å². The van der Waals surface area contributed by atoms with Gasteiger partial charge in [-0.05, 0) is 43.4 Å². The van der Waals surface area contributed by atoms with Crippen molar-refractivity contribution in [2.45, 2.75) is 53.5 Å². The minimum absolute atomic E-state index is 0.0834. The molecule has 0 bridgehead atoms. The van der Waals surface area contributed by atoms with E-state index in [0.29, 0.717) is 23.7 Å². The summed E-state index contributed by atoms with van der Waals surface area (Å²) in [4.78, 5) is 14.6. The summed E-state index contributed by atoms with van der Waals surface area (Å²) in [5, 5.41) is 0. The largest absolute Gasteiger partial charge is 0.399 e. The smallest absolute Gasteiger partial charge is 0.257 e. The van der Waals surface area contributed by atoms with Gasteiger partial charge in [0.25, 0.3) is 5.91 Å². The molecule has 1 amide bonds. The number of anilines is 1. The van der Waals surface area contributed by atoms with Crippen LogP contribution in [0, 0.1) is 18.7 Å². The number of rotatable bonds is 6. The van der Waals surface area contributed by atoms with Gasteiger partial charge in [0, 0.05) is 18.3 Å². The molecule has 118 valence electrons. The Morgan fingerprint density at radius 3 is 2.33 bits per heavy atom. The van der Waals surface area contributed by atoms with Gasteiger partial charge < -0.3 is 10.6 Å². The molecular weight excluding hydrogens is 267 g/mol. The summed E-state index contributed by atoms with van der Waals surface area (Å²) < 4.78 is 14.3. The quantitative estimate of drug-likeness (QED) is 0.806. The molecule has 21 heavy (non-hydrogen) atoms. The second-order valence-electron chi connectivity index (χ2n) is 6.02. The highest BCUT2D eigenvalue weighted by molar-refractivity contribution is 5.95. The number of nitrogen functional groups attached to an aromatic ring is 1. The number of benzene rings is 1. The van der Waals surface area contributed by atoms with Gasteiger partial charge in [0.1, 0.15) is 5.82 Å². The molecular formula is C17H27FN2O. The van der Waals surface area contributed by atoms with E-state index in [0.717, 1.165) is 12.8 Å². The Morgan fingerprint density at radius 2 is 1.86 bits per heavy atom. The Morgan fingerprint density at radius 1 is 1.29 bits per heavy atom. The summed E-state index contributed by atoms with van der Waals surface area (Å²) in [5.41, 5.74) is 6.69. The molecule has 0 unspecified atom stereocenters. The van der Waals surface area contributed by atoms with E-state index in [2.05, 4.69) is 27.7 Å². The minimum Gasteiger partial charge on any atom is -0.399 e. The second-order valence-corrected chi connectivity index (χ2v) is 6.02. The number of nitrogens with two attached hydrogens (primary N) is 1. The highest BCUT2D eigenvalue weighted by Crippen LogP contribution is 2.22. The third-order valence-electron chi connectivity index (χ3n) is 3.71. The van der Waals surface area contributed by atoms with E-state index in [1.165, 1.54) is 6.07 Å². The number of carbonyl (C=O) groups is 1. The first-order valence-electron chi connectivity index (χ1n) is 7.68. The van der Waals surface area contributed by atoms with Gasteiger partial charge in [-0.1, -0.05) is 27.7 Å². The van der Waals surface area contributed by atoms with Crippen molar-refractivity contribution in [2.75, 3.05) is 12.3 Å². The fourth-order valence-electron chi connectivity index (χ4n) is 2.63. The van der Waals surface area contributed by atoms with Crippen LogP contribution in [-0.2, 0) is 0 Å². The summed E-state index contributed by atoms with van der Waals surface area (Å²) >= 11 is 0. The maximum atomic E-state index is 14.3. The second kappa shape index (κ2) is 7.43. The average Bonchev–Trinajstić information content (AvgIpc) is 2.41. The van der Waals surface area contributed by atoms with Crippen LogP contribution in [0.4, 0.5) is 10.1 Å². The van der Waals surface area contributed by atoms with Gasteiger partial charge in [0.2, 0.25) is 0 Å². The van der Waals surface area contributed by atoms with Crippen LogP contribution in [0.5, 0.6) is 0 Å². The summed E-state index contributed by atoms with van der Waals surface area (Å²) in [6, 6.07) is 3.12. The SMILES string of the molecule is CCC(CC)N(CC(C)C)C(=O)c1cc(N)cc(C)c1F. The van der Waals surface area contributed by atoms with E-state index in [1.54, 1.807) is 17.9 Å². The molecule has 0 aliphatic rings. The highest BCUT2D eigenvalue weighted by Gasteiger charge is 2.26. The topological polar surface area (TPSA) is 46.3 Å². The summed E-state index contributed by atoms with van der Waals surface area (Å²) in [6.07, 6.45) is 1.72. The molecule has 3 nitrogen and oxygen atoms in total. The molecule has 0 saturated carbocycles. The van der Waals surface area contributed by atoms with E-state index in [4.69, 9.17) is 5.73 Å². The molecule has 0 radical (unpaired) electrons. The molecule has 0 aromatic heterocycles. The maximum Gasteiger partial charge on any atom is 0.257 e. The molecule has 0 spiro atoms. The zero-order valence-corrected chi connectivity index (χ0v) is 13.7. The van der Waals surface area contributed by atoms with Gasteiger partial charge in [-0.3, -0.25) is 4.79 Å². The zero-order chi connectivity index (χ0) is 16.2. The number of amides is 1. The molecule has 4 heteroatoms. The van der Waals surface area contributed by atoms with Gasteiger partial charge in [0.15, 0.2) is 0 Å². The first-order valence-corrected chi connectivity index (χ1v) is 7.68. The molecule has 2 N–H and O–H groups in total. The fourth-order valence-corrected chi connectivity index (χ4v) is 2.63. The lowest BCUT2D eigenvalue weighted by Gasteiger charge is -2.32. The van der Waals surface area contributed by atoms with Crippen LogP contribution in [0.15, 0.2) is 12.1 Å². The van der Waals surface area contributed by atoms with Crippen molar-refractivity contribution in [1.29, 1.82) is 0 Å². The van der Waals surface area contributed by atoms with E-state index < -0.39 is 5.82 Å². The average molecular weight is 294 g/mol. The van der Waals surface area contributed by atoms with Gasteiger partial charge in [-0.15, -0.1) is 0 Å². The first-order chi connectivity index (χ1) is 9.81. The van der Waals surface area contributed by atoms with Crippen LogP contribution in [0.1, 0.15) is 56.5 Å². The van der Waals surface area contributed by atoms with Crippen LogP contribution < -0.4 is 5.73 Å². The van der Waals surface area contributed by atoms with Crippen molar-refractivity contribution in [1.82, 2.24) is 4.90 Å². The van der Waals surface area contributed by atoms with Crippen molar-refractivity contribution in [3.05, 3.63) is 29.1 Å². The monoisotopic (exact) mass is 294 g/mol. The molecule has 0 atom stereocenters. The number of hydrogen-bond donors (Lipinski definition) is 1. The lowest BCUT2D eigenvalue weighted by molar-refractivity contribution is 0.0635. The number of nitrogens with zero attached hydrogens (tertiary/aromatic N) is 1. The molecule has 0 aliphatic carbocycles. The van der Waals surface area contributed by atoms with Gasteiger partial charge >= 0.3 is 0 Å². The zero-order valence-electron chi connectivity index (χ0n) is 13.7. The summed E-state index contributed by atoms with van der Waals surface area (Å²) in [6.45, 7) is 10.5. The third kappa shape index (κ3) is 4.19. The van der Waals surface area contributed by atoms with Gasteiger partial charge in [0.05, 0.1) is 5.56 Å². The number of halogens is 1. The van der Waals surface area contributed by atoms with Crippen molar-refractivity contribution < 1.29 is 9.18 Å². The van der Waals surface area contributed by atoms with Gasteiger partial charge in [-0.2, -0.15) is 0 Å². The lowest BCUT2D eigenvalue weighted by Crippen LogP contribution is -2.42. The van der Waals surface area contributed by atoms with Crippen LogP contribution in [0.3, 0.4) is 0 Å². The van der Waals surface area contributed by atoms with Crippen molar-refractivity contribution >= 4 is 11.6 Å². The Hall–Kier alpha value is -1.58. The molecule has 1 aromatic carbocycles. The van der Waals surface area contributed by atoms with Crippen LogP contribution in [0.2, 0.25) is 0 Å². The standard InChI is InChI=1S/C17H27FN2O/c1-6-14(7-2)20(10-11(3)4)17(21)15-9-13(19)8-12(5)16(15)18/h8-9,11,14H,6-7,10,19H2,1-5H3. The predicted octanol–water partition coefficient (Wildman–Crippen LogP) is 4.00. The predicted molar refractivity (Wildman–Crippen MR) is 85.8 cm³/mol. The van der Waals surface area contributed by atoms with E-state index in [9.17, 15) is 9.18 Å². The summed E-state index contributed by atoms with van der Waals surface area (Å²) in [7, 11) is 0. The van der Waals surface area contributed by atoms with Gasteiger partial charge in [-0.25, -0.2) is 4.39 Å². The van der Waals surface area contributed by atoms with E-state index >= 15 is 0 Å². The molecule has 0 aliphatic heterocycles. The number of aryl methyl sites for hydroxylation is 1. The molecule has 0 fully saturated rings. The van der Waals surface area contributed by atoms with E-state index in [1.807, 2.05) is 0 Å². The van der Waals surface area contributed by atoms with Crippen molar-refractivity contribution in [3.63, 3.8) is 0 Å². The normalized spacial score (nSPS) is 11.2. The third-order valence-corrected chi connectivity index (χ3v) is 3.71. The van der Waals surface area contributed by atoms with Crippen LogP contribution in [-0.4, -0.2) is 23.4 Å². The first kappa shape index (κ1) is 17.5. The molecule has 0 heterocycles. The Labute approximate surface area is 127 Å². The van der Waals surface area contributed by atoms with Crippen LogP contribution in [0.25, 0.3) is 0 Å². The minimum atomic E-state index is -0.464. The molecule has 0 saturated heterocycles. The Kier molecular flexibility index (Phi) is 6.19. The van der Waals surface area contributed by atoms with Crippen LogP contribution >= 0.6 is 0 Å². The Balaban J connectivity index is 3.22. The number of hydrogen-bond acceptors (Lipinski definition) is 2. The number of carbonyl (C=O) groups excluding carboxylic acids is 1. The highest BCUT2D eigenvalue weighted by atomic mass is 19.1. The van der Waals surface area contributed by atoms with E-state index in [-0.39, 0.29) is 17.5 Å². The maximum absolute atomic E-state index is 14.3. The lowest BCUT2D eigenvalue weighted by atomic mass is 10.0. The van der Waals surface area contributed by atoms with Crippen molar-refractivity contribution in [2.24, 2.45) is 5.92 Å².